The van der Waals surface area contributed by atoms with Gasteiger partial charge < -0.3 is 5.11 Å². The van der Waals surface area contributed by atoms with E-state index in [0.29, 0.717) is 0 Å². The molecule has 0 heterocycles. The first-order valence-electron chi connectivity index (χ1n) is 4.28. The van der Waals surface area contributed by atoms with Crippen molar-refractivity contribution in [3.63, 3.8) is 0 Å². The Morgan fingerprint density at radius 2 is 2.19 bits per heavy atom. The summed E-state index contributed by atoms with van der Waals surface area (Å²) in [5.41, 5.74) is -0.445. The first-order chi connectivity index (χ1) is 7.54. The molecule has 3 nitrogen and oxygen atoms in total. The van der Waals surface area contributed by atoms with Crippen LogP contribution in [0.4, 0.5) is 8.78 Å². The summed E-state index contributed by atoms with van der Waals surface area (Å²) in [5, 5.41) is 17.1. The van der Waals surface area contributed by atoms with E-state index in [2.05, 4.69) is 0 Å². The van der Waals surface area contributed by atoms with Crippen LogP contribution in [0.1, 0.15) is 17.6 Å². The van der Waals surface area contributed by atoms with Crippen LogP contribution in [0.2, 0.25) is 0 Å². The second kappa shape index (κ2) is 5.03. The Hall–Kier alpha value is -2.22. The normalized spacial score (nSPS) is 11.2. The van der Waals surface area contributed by atoms with Crippen LogP contribution in [0, 0.1) is 11.3 Å². The molecule has 0 saturated heterocycles. The molecule has 82 valence electrons. The number of nitriles is 1. The van der Waals surface area contributed by atoms with Crippen LogP contribution < -0.4 is 0 Å². The third-order valence-electron chi connectivity index (χ3n) is 1.82. The molecule has 0 amide bonds. The number of nitrogens with zero attached hydrogens (tertiary/aromatic N) is 1. The lowest BCUT2D eigenvalue weighted by Gasteiger charge is -2.00. The van der Waals surface area contributed by atoms with Crippen molar-refractivity contribution in [3.05, 3.63) is 41.0 Å². The highest BCUT2D eigenvalue weighted by Crippen LogP contribution is 2.20. The molecule has 0 atom stereocenters. The number of carboxylic acids is 1. The zero-order valence-corrected chi connectivity index (χ0v) is 8.02. The molecule has 0 aliphatic rings. The fourth-order valence-electron chi connectivity index (χ4n) is 1.09. The van der Waals surface area contributed by atoms with Gasteiger partial charge in [0.25, 0.3) is 6.43 Å². The summed E-state index contributed by atoms with van der Waals surface area (Å²) >= 11 is 0. The number of rotatable bonds is 3. The molecule has 0 aliphatic carbocycles. The Morgan fingerprint density at radius 1 is 1.50 bits per heavy atom. The molecule has 1 rings (SSSR count). The average molecular weight is 223 g/mol. The van der Waals surface area contributed by atoms with E-state index in [0.717, 1.165) is 12.1 Å². The van der Waals surface area contributed by atoms with Gasteiger partial charge in [-0.05, 0) is 17.7 Å². The predicted molar refractivity (Wildman–Crippen MR) is 52.6 cm³/mol. The smallest absolute Gasteiger partial charge is 0.346 e. The van der Waals surface area contributed by atoms with E-state index in [4.69, 9.17) is 10.4 Å². The van der Waals surface area contributed by atoms with Gasteiger partial charge in [0.15, 0.2) is 0 Å². The quantitative estimate of drug-likeness (QED) is 0.632. The van der Waals surface area contributed by atoms with Crippen molar-refractivity contribution >= 4 is 12.0 Å². The molecule has 16 heavy (non-hydrogen) atoms. The average Bonchev–Trinajstić information content (AvgIpc) is 2.25. The van der Waals surface area contributed by atoms with Crippen molar-refractivity contribution in [2.24, 2.45) is 0 Å². The molecule has 0 bridgehead atoms. The molecule has 1 aromatic rings. The monoisotopic (exact) mass is 223 g/mol. The molecule has 0 radical (unpaired) electrons. The summed E-state index contributed by atoms with van der Waals surface area (Å²) in [5.74, 6) is -1.38. The number of alkyl halides is 2. The fraction of sp³-hybridized carbons (Fsp3) is 0.0909. The SMILES string of the molecule is N#C/C(=C\c1cccc(C(F)F)c1)C(=O)O. The van der Waals surface area contributed by atoms with E-state index in [1.807, 2.05) is 0 Å². The van der Waals surface area contributed by atoms with E-state index in [1.165, 1.54) is 24.3 Å². The Morgan fingerprint density at radius 3 is 2.69 bits per heavy atom. The van der Waals surface area contributed by atoms with Crippen molar-refractivity contribution < 1.29 is 18.7 Å². The van der Waals surface area contributed by atoms with E-state index in [-0.39, 0.29) is 11.1 Å². The minimum Gasteiger partial charge on any atom is -0.477 e. The van der Waals surface area contributed by atoms with Gasteiger partial charge in [0.05, 0.1) is 0 Å². The van der Waals surface area contributed by atoms with Crippen molar-refractivity contribution in [1.82, 2.24) is 0 Å². The molecular weight excluding hydrogens is 216 g/mol. The Kier molecular flexibility index (Phi) is 3.72. The standard InChI is InChI=1S/C11H7F2NO2/c12-10(13)8-3-1-2-7(4-8)5-9(6-14)11(15)16/h1-5,10H,(H,15,16)/b9-5+. The van der Waals surface area contributed by atoms with Gasteiger partial charge in [-0.25, -0.2) is 13.6 Å². The van der Waals surface area contributed by atoms with Crippen LogP contribution in [0.5, 0.6) is 0 Å². The van der Waals surface area contributed by atoms with E-state index < -0.39 is 18.0 Å². The lowest BCUT2D eigenvalue weighted by atomic mass is 10.1. The van der Waals surface area contributed by atoms with Gasteiger partial charge in [0, 0.05) is 5.56 Å². The van der Waals surface area contributed by atoms with Crippen LogP contribution in [0.3, 0.4) is 0 Å². The molecule has 0 aromatic heterocycles. The number of halogens is 2. The summed E-state index contributed by atoms with van der Waals surface area (Å²) in [6.07, 6.45) is -1.57. The van der Waals surface area contributed by atoms with Crippen LogP contribution in [0.15, 0.2) is 29.8 Å². The lowest BCUT2D eigenvalue weighted by Crippen LogP contribution is -1.97. The second-order valence-corrected chi connectivity index (χ2v) is 2.95. The maximum atomic E-state index is 12.3. The van der Waals surface area contributed by atoms with Crippen LogP contribution >= 0.6 is 0 Å². The van der Waals surface area contributed by atoms with Crippen molar-refractivity contribution in [2.75, 3.05) is 0 Å². The molecular formula is C11H7F2NO2. The van der Waals surface area contributed by atoms with Gasteiger partial charge in [-0.15, -0.1) is 0 Å². The molecule has 1 N–H and O–H groups in total. The Bertz CT molecular complexity index is 475. The minimum atomic E-state index is -2.62. The van der Waals surface area contributed by atoms with Crippen LogP contribution in [0.25, 0.3) is 6.08 Å². The number of carbonyl (C=O) groups is 1. The molecule has 0 spiro atoms. The van der Waals surface area contributed by atoms with E-state index >= 15 is 0 Å². The van der Waals surface area contributed by atoms with Crippen LogP contribution in [-0.2, 0) is 4.79 Å². The van der Waals surface area contributed by atoms with Crippen LogP contribution in [-0.4, -0.2) is 11.1 Å². The predicted octanol–water partition coefficient (Wildman–Crippen LogP) is 2.62. The molecule has 0 aliphatic heterocycles. The summed E-state index contributed by atoms with van der Waals surface area (Å²) in [4.78, 5) is 10.5. The number of benzene rings is 1. The Labute approximate surface area is 90.2 Å². The van der Waals surface area contributed by atoms with E-state index in [1.54, 1.807) is 0 Å². The largest absolute Gasteiger partial charge is 0.477 e. The van der Waals surface area contributed by atoms with Gasteiger partial charge >= 0.3 is 5.97 Å². The van der Waals surface area contributed by atoms with Crippen molar-refractivity contribution in [1.29, 1.82) is 5.26 Å². The van der Waals surface area contributed by atoms with Gasteiger partial charge in [-0.3, -0.25) is 0 Å². The molecule has 0 saturated carbocycles. The number of hydrogen-bond acceptors (Lipinski definition) is 2. The van der Waals surface area contributed by atoms with Crippen molar-refractivity contribution in [3.8, 4) is 6.07 Å². The number of aliphatic carboxylic acids is 1. The zero-order valence-electron chi connectivity index (χ0n) is 8.02. The molecule has 1 aromatic carbocycles. The molecule has 5 heteroatoms. The van der Waals surface area contributed by atoms with Gasteiger partial charge in [0.2, 0.25) is 0 Å². The fourth-order valence-corrected chi connectivity index (χ4v) is 1.09. The third kappa shape index (κ3) is 2.89. The maximum Gasteiger partial charge on any atom is 0.346 e. The molecule has 0 unspecified atom stereocenters. The number of hydrogen-bond donors (Lipinski definition) is 1. The second-order valence-electron chi connectivity index (χ2n) is 2.95. The van der Waals surface area contributed by atoms with Gasteiger partial charge in [-0.2, -0.15) is 5.26 Å². The summed E-state index contributed by atoms with van der Waals surface area (Å²) < 4.78 is 24.6. The van der Waals surface area contributed by atoms with Gasteiger partial charge in [0.1, 0.15) is 11.6 Å². The maximum absolute atomic E-state index is 12.3. The summed E-state index contributed by atoms with van der Waals surface area (Å²) in [6.45, 7) is 0. The highest BCUT2D eigenvalue weighted by Gasteiger charge is 2.08. The third-order valence-corrected chi connectivity index (χ3v) is 1.82. The number of carboxylic acid groups (broad SMARTS) is 1. The minimum absolute atomic E-state index is 0.212. The topological polar surface area (TPSA) is 61.1 Å². The highest BCUT2D eigenvalue weighted by atomic mass is 19.3. The summed E-state index contributed by atoms with van der Waals surface area (Å²) in [7, 11) is 0. The molecule has 0 fully saturated rings. The van der Waals surface area contributed by atoms with Gasteiger partial charge in [-0.1, -0.05) is 18.2 Å². The summed E-state index contributed by atoms with van der Waals surface area (Å²) in [6, 6.07) is 6.68. The zero-order chi connectivity index (χ0) is 12.1. The lowest BCUT2D eigenvalue weighted by molar-refractivity contribution is -0.132. The van der Waals surface area contributed by atoms with Crippen molar-refractivity contribution in [2.45, 2.75) is 6.43 Å². The highest BCUT2D eigenvalue weighted by molar-refractivity contribution is 5.96. The first-order valence-corrected chi connectivity index (χ1v) is 4.28. The Balaban J connectivity index is 3.11. The first kappa shape index (κ1) is 11.9. The van der Waals surface area contributed by atoms with E-state index in [9.17, 15) is 13.6 Å².